The molecule has 0 spiro atoms. The van der Waals surface area contributed by atoms with Gasteiger partial charge in [0.1, 0.15) is 11.7 Å². The van der Waals surface area contributed by atoms with Crippen LogP contribution in [0, 0.1) is 6.92 Å². The van der Waals surface area contributed by atoms with Gasteiger partial charge in [-0.1, -0.05) is 108 Å². The van der Waals surface area contributed by atoms with Gasteiger partial charge in [-0.2, -0.15) is 0 Å². The molecule has 0 aliphatic heterocycles. The second-order valence-corrected chi connectivity index (χ2v) is 13.4. The van der Waals surface area contributed by atoms with Crippen molar-refractivity contribution in [2.24, 2.45) is 0 Å². The highest BCUT2D eigenvalue weighted by molar-refractivity contribution is 6.33. The molecule has 7 rings (SSSR count). The van der Waals surface area contributed by atoms with Crippen molar-refractivity contribution in [2.75, 3.05) is 4.90 Å². The van der Waals surface area contributed by atoms with Crippen molar-refractivity contribution in [1.82, 2.24) is 30.8 Å². The van der Waals surface area contributed by atoms with Crippen molar-refractivity contribution >= 4 is 35.0 Å². The zero-order chi connectivity index (χ0) is 36.7. The summed E-state index contributed by atoms with van der Waals surface area (Å²) in [6.07, 6.45) is 5.15. The number of hydrogen-bond donors (Lipinski definition) is 2. The summed E-state index contributed by atoms with van der Waals surface area (Å²) in [6, 6.07) is 33.7. The Bertz CT molecular complexity index is 2200. The summed E-state index contributed by atoms with van der Waals surface area (Å²) >= 11 is 6.28. The smallest absolute Gasteiger partial charge is 0.274 e. The van der Waals surface area contributed by atoms with Crippen LogP contribution in [0.25, 0.3) is 16.9 Å². The SMILES string of the molecule is Cc1c(C(=O)NCc2cc(-c3ccccc3Cl)no2)nnn1-c1ccc(C(=O)N(c2ccccc2)C(C(=O)NC2CCCCC2)c2ccccc2)cc1. The Morgan fingerprint density at radius 2 is 1.57 bits per heavy atom. The second-order valence-electron chi connectivity index (χ2n) is 13.0. The first-order valence-electron chi connectivity index (χ1n) is 17.6. The number of halogens is 1. The maximum atomic E-state index is 14.5. The molecule has 6 aromatic rings. The molecule has 1 aliphatic carbocycles. The van der Waals surface area contributed by atoms with E-state index in [1.807, 2.05) is 78.9 Å². The first kappa shape index (κ1) is 35.3. The molecule has 0 radical (unpaired) electrons. The Kier molecular flexibility index (Phi) is 10.7. The normalized spacial score (nSPS) is 13.6. The minimum Gasteiger partial charge on any atom is -0.359 e. The minimum absolute atomic E-state index is 0.0709. The predicted octanol–water partition coefficient (Wildman–Crippen LogP) is 7.65. The van der Waals surface area contributed by atoms with Crippen LogP contribution < -0.4 is 15.5 Å². The molecule has 1 fully saturated rings. The zero-order valence-corrected chi connectivity index (χ0v) is 29.9. The highest BCUT2D eigenvalue weighted by atomic mass is 35.5. The van der Waals surface area contributed by atoms with Crippen LogP contribution in [0.15, 0.2) is 120 Å². The number of carbonyl (C=O) groups excluding carboxylic acids is 3. The van der Waals surface area contributed by atoms with Crippen molar-refractivity contribution < 1.29 is 18.9 Å². The summed E-state index contributed by atoms with van der Waals surface area (Å²) in [5.41, 5.74) is 4.23. The fraction of sp³-hybridized carbons (Fsp3) is 0.220. The monoisotopic (exact) mass is 727 g/mol. The van der Waals surface area contributed by atoms with Gasteiger partial charge in [0.25, 0.3) is 11.8 Å². The van der Waals surface area contributed by atoms with Crippen LogP contribution in [-0.2, 0) is 11.3 Å². The van der Waals surface area contributed by atoms with E-state index in [0.29, 0.717) is 44.7 Å². The van der Waals surface area contributed by atoms with Gasteiger partial charge in [0.2, 0.25) is 5.91 Å². The van der Waals surface area contributed by atoms with Gasteiger partial charge >= 0.3 is 0 Å². The van der Waals surface area contributed by atoms with E-state index in [-0.39, 0.29) is 30.1 Å². The van der Waals surface area contributed by atoms with Crippen molar-refractivity contribution in [1.29, 1.82) is 0 Å². The van der Waals surface area contributed by atoms with E-state index in [1.54, 1.807) is 48.2 Å². The van der Waals surface area contributed by atoms with Crippen molar-refractivity contribution in [2.45, 2.75) is 57.7 Å². The Balaban J connectivity index is 1.10. The fourth-order valence-corrected chi connectivity index (χ4v) is 6.90. The molecule has 11 nitrogen and oxygen atoms in total. The summed E-state index contributed by atoms with van der Waals surface area (Å²) in [5, 5.41) is 19.0. The lowest BCUT2D eigenvalue weighted by molar-refractivity contribution is -0.123. The van der Waals surface area contributed by atoms with Gasteiger partial charge in [0.15, 0.2) is 11.5 Å². The summed E-state index contributed by atoms with van der Waals surface area (Å²) in [4.78, 5) is 43.3. The third-order valence-electron chi connectivity index (χ3n) is 9.43. The van der Waals surface area contributed by atoms with Gasteiger partial charge in [-0.05, 0) is 67.8 Å². The predicted molar refractivity (Wildman–Crippen MR) is 202 cm³/mol. The first-order valence-corrected chi connectivity index (χ1v) is 18.0. The van der Waals surface area contributed by atoms with Crippen LogP contribution in [0.3, 0.4) is 0 Å². The molecular weight excluding hydrogens is 690 g/mol. The maximum absolute atomic E-state index is 14.5. The average molecular weight is 728 g/mol. The van der Waals surface area contributed by atoms with Gasteiger partial charge in [-0.15, -0.1) is 5.10 Å². The Morgan fingerprint density at radius 1 is 0.887 bits per heavy atom. The largest absolute Gasteiger partial charge is 0.359 e. The molecule has 1 atom stereocenters. The molecule has 1 aliphatic rings. The van der Waals surface area contributed by atoms with Crippen LogP contribution in [0.2, 0.25) is 5.02 Å². The second kappa shape index (κ2) is 16.1. The number of para-hydroxylation sites is 1. The van der Waals surface area contributed by atoms with E-state index in [9.17, 15) is 14.4 Å². The standard InChI is InChI=1S/C41H38ClN7O4/c1-27-37(39(50)43-26-33-25-36(46-53-33)34-19-11-12-20-35(34)42)45-47-49(27)32-23-21-29(22-24-32)41(52)48(31-17-9-4-10-18-31)38(28-13-5-2-6-14-28)40(51)44-30-15-7-3-8-16-30/h2,4-6,9-14,17-25,30,38H,3,7-8,15-16,26H2,1H3,(H,43,50)(H,44,51). The van der Waals surface area contributed by atoms with Crippen LogP contribution in [0.4, 0.5) is 5.69 Å². The van der Waals surface area contributed by atoms with Crippen molar-refractivity contribution in [3.05, 3.63) is 149 Å². The third kappa shape index (κ3) is 7.90. The third-order valence-corrected chi connectivity index (χ3v) is 9.76. The van der Waals surface area contributed by atoms with E-state index in [0.717, 1.165) is 37.7 Å². The van der Waals surface area contributed by atoms with E-state index in [4.69, 9.17) is 16.1 Å². The average Bonchev–Trinajstić information content (AvgIpc) is 3.83. The number of anilines is 1. The van der Waals surface area contributed by atoms with Crippen molar-refractivity contribution in [3.63, 3.8) is 0 Å². The van der Waals surface area contributed by atoms with E-state index in [1.165, 1.54) is 4.68 Å². The van der Waals surface area contributed by atoms with Gasteiger partial charge in [-0.3, -0.25) is 19.3 Å². The van der Waals surface area contributed by atoms with Gasteiger partial charge in [0, 0.05) is 28.9 Å². The highest BCUT2D eigenvalue weighted by Crippen LogP contribution is 2.31. The number of nitrogens with zero attached hydrogens (tertiary/aromatic N) is 5. The molecule has 2 heterocycles. The zero-order valence-electron chi connectivity index (χ0n) is 29.1. The summed E-state index contributed by atoms with van der Waals surface area (Å²) in [7, 11) is 0. The Labute approximate surface area is 311 Å². The van der Waals surface area contributed by atoms with Crippen LogP contribution in [0.1, 0.15) is 76.0 Å². The van der Waals surface area contributed by atoms with E-state index >= 15 is 0 Å². The molecule has 3 amide bonds. The van der Waals surface area contributed by atoms with Gasteiger partial charge in [-0.25, -0.2) is 4.68 Å². The molecule has 0 saturated heterocycles. The summed E-state index contributed by atoms with van der Waals surface area (Å²) in [5.74, 6) is -0.543. The molecule has 0 bridgehead atoms. The van der Waals surface area contributed by atoms with E-state index < -0.39 is 11.9 Å². The molecular formula is C41H38ClN7O4. The van der Waals surface area contributed by atoms with Crippen LogP contribution in [0.5, 0.6) is 0 Å². The number of nitrogens with one attached hydrogen (secondary N) is 2. The first-order chi connectivity index (χ1) is 25.9. The van der Waals surface area contributed by atoms with Crippen LogP contribution in [-0.4, -0.2) is 43.9 Å². The molecule has 268 valence electrons. The van der Waals surface area contributed by atoms with E-state index in [2.05, 4.69) is 26.1 Å². The summed E-state index contributed by atoms with van der Waals surface area (Å²) in [6.45, 7) is 1.82. The summed E-state index contributed by atoms with van der Waals surface area (Å²) < 4.78 is 6.94. The van der Waals surface area contributed by atoms with Gasteiger partial charge < -0.3 is 15.2 Å². The number of benzene rings is 4. The molecule has 4 aromatic carbocycles. The molecule has 2 aromatic heterocycles. The quantitative estimate of drug-likeness (QED) is 0.140. The number of amides is 3. The number of carbonyl (C=O) groups is 3. The van der Waals surface area contributed by atoms with Gasteiger partial charge in [0.05, 0.1) is 22.9 Å². The number of aromatic nitrogens is 4. The number of hydrogen-bond acceptors (Lipinski definition) is 7. The Morgan fingerprint density at radius 3 is 2.28 bits per heavy atom. The Hall–Kier alpha value is -6.07. The lowest BCUT2D eigenvalue weighted by Gasteiger charge is -2.33. The molecule has 1 saturated carbocycles. The lowest BCUT2D eigenvalue weighted by Crippen LogP contribution is -2.47. The fourth-order valence-electron chi connectivity index (χ4n) is 6.66. The molecule has 12 heteroatoms. The highest BCUT2D eigenvalue weighted by Gasteiger charge is 2.34. The molecule has 1 unspecified atom stereocenters. The maximum Gasteiger partial charge on any atom is 0.274 e. The van der Waals surface area contributed by atoms with Crippen molar-refractivity contribution in [3.8, 4) is 16.9 Å². The van der Waals surface area contributed by atoms with Crippen LogP contribution >= 0.6 is 11.6 Å². The molecule has 2 N–H and O–H groups in total. The minimum atomic E-state index is -0.897. The number of rotatable bonds is 11. The molecule has 53 heavy (non-hydrogen) atoms. The lowest BCUT2D eigenvalue weighted by atomic mass is 9.94. The topological polar surface area (TPSA) is 135 Å².